The minimum atomic E-state index is 0.459. The van der Waals surface area contributed by atoms with Gasteiger partial charge in [0.05, 0.1) is 29.7 Å². The quantitative estimate of drug-likeness (QED) is 0.295. The number of aromatic amines is 1. The molecule has 7 nitrogen and oxygen atoms in total. The van der Waals surface area contributed by atoms with Crippen molar-refractivity contribution < 1.29 is 4.74 Å². The molecule has 3 N–H and O–H groups in total. The van der Waals surface area contributed by atoms with Gasteiger partial charge in [-0.2, -0.15) is 0 Å². The standard InChI is InChI=1S/C25H27ClN6O.C2H6/c1-27-16-9-11-32(12-10-16)17-7-8-22(23(13-17)33-2)30-25-29-15-20(26)24(31-25)19-14-28-21-6-4-3-5-18(19)21;1-2/h3-8,13-16,27-28H,9-12H2,1-2H3,(H,29,30,31);1-2H3. The van der Waals surface area contributed by atoms with E-state index < -0.39 is 0 Å². The van der Waals surface area contributed by atoms with Gasteiger partial charge in [-0.25, -0.2) is 9.97 Å². The van der Waals surface area contributed by atoms with Gasteiger partial charge in [-0.05, 0) is 38.1 Å². The maximum absolute atomic E-state index is 6.48. The van der Waals surface area contributed by atoms with Gasteiger partial charge in [-0.15, -0.1) is 0 Å². The van der Waals surface area contributed by atoms with Gasteiger partial charge in [0.25, 0.3) is 0 Å². The molecule has 5 rings (SSSR count). The van der Waals surface area contributed by atoms with E-state index in [2.05, 4.69) is 37.6 Å². The Morgan fingerprint density at radius 1 is 1.11 bits per heavy atom. The normalized spacial score (nSPS) is 13.9. The topological polar surface area (TPSA) is 78.1 Å². The summed E-state index contributed by atoms with van der Waals surface area (Å²) in [7, 11) is 3.71. The molecule has 0 saturated carbocycles. The summed E-state index contributed by atoms with van der Waals surface area (Å²) in [6.45, 7) is 6.05. The third-order valence-corrected chi connectivity index (χ3v) is 6.57. The summed E-state index contributed by atoms with van der Waals surface area (Å²) in [6, 6.07) is 14.9. The molecule has 4 aromatic rings. The third kappa shape index (κ3) is 5.36. The monoisotopic (exact) mass is 492 g/mol. The molecular formula is C27H33ClN6O. The summed E-state index contributed by atoms with van der Waals surface area (Å²) in [5, 5.41) is 8.24. The summed E-state index contributed by atoms with van der Waals surface area (Å²) in [4.78, 5) is 14.8. The Balaban J connectivity index is 0.00000141. The van der Waals surface area contributed by atoms with Crippen LogP contribution in [0.4, 0.5) is 17.3 Å². The second-order valence-electron chi connectivity index (χ2n) is 8.20. The number of anilines is 3. The molecule has 0 spiro atoms. The molecular weight excluding hydrogens is 460 g/mol. The Morgan fingerprint density at radius 3 is 2.63 bits per heavy atom. The van der Waals surface area contributed by atoms with Crippen molar-refractivity contribution in [3.8, 4) is 17.0 Å². The highest BCUT2D eigenvalue weighted by Crippen LogP contribution is 2.35. The van der Waals surface area contributed by atoms with Gasteiger partial charge in [-0.3, -0.25) is 0 Å². The molecule has 35 heavy (non-hydrogen) atoms. The lowest BCUT2D eigenvalue weighted by Gasteiger charge is -2.33. The van der Waals surface area contributed by atoms with E-state index >= 15 is 0 Å². The number of para-hydroxylation sites is 1. The van der Waals surface area contributed by atoms with Gasteiger partial charge in [0.15, 0.2) is 0 Å². The second kappa shape index (κ2) is 11.4. The minimum Gasteiger partial charge on any atom is -0.494 e. The summed E-state index contributed by atoms with van der Waals surface area (Å²) in [5.41, 5.74) is 4.61. The number of fused-ring (bicyclic) bond motifs is 1. The number of ether oxygens (including phenoxy) is 1. The molecule has 1 saturated heterocycles. The van der Waals surface area contributed by atoms with Crippen molar-refractivity contribution in [1.82, 2.24) is 20.3 Å². The Kier molecular flexibility index (Phi) is 8.10. The van der Waals surface area contributed by atoms with E-state index in [0.717, 1.165) is 59.5 Å². The molecule has 0 bridgehead atoms. The molecule has 2 aromatic carbocycles. The summed E-state index contributed by atoms with van der Waals surface area (Å²) >= 11 is 6.48. The lowest BCUT2D eigenvalue weighted by molar-refractivity contribution is 0.415. The van der Waals surface area contributed by atoms with Crippen LogP contribution in [0.15, 0.2) is 54.9 Å². The zero-order valence-electron chi connectivity index (χ0n) is 20.7. The lowest BCUT2D eigenvalue weighted by atomic mass is 10.0. The first-order chi connectivity index (χ1) is 17.2. The van der Waals surface area contributed by atoms with Crippen molar-refractivity contribution in [2.24, 2.45) is 0 Å². The fraction of sp³-hybridized carbons (Fsp3) is 0.333. The number of nitrogens with one attached hydrogen (secondary N) is 3. The molecule has 1 aliphatic rings. The zero-order valence-corrected chi connectivity index (χ0v) is 21.5. The first-order valence-corrected chi connectivity index (χ1v) is 12.5. The van der Waals surface area contributed by atoms with Gasteiger partial charge in [0, 0.05) is 53.5 Å². The predicted molar refractivity (Wildman–Crippen MR) is 146 cm³/mol. The van der Waals surface area contributed by atoms with Crippen LogP contribution >= 0.6 is 11.6 Å². The smallest absolute Gasteiger partial charge is 0.227 e. The van der Waals surface area contributed by atoms with Crippen LogP contribution in [0.1, 0.15) is 26.7 Å². The summed E-state index contributed by atoms with van der Waals surface area (Å²) < 4.78 is 5.69. The van der Waals surface area contributed by atoms with E-state index in [9.17, 15) is 0 Å². The Labute approximate surface area is 211 Å². The maximum Gasteiger partial charge on any atom is 0.227 e. The van der Waals surface area contributed by atoms with E-state index in [-0.39, 0.29) is 0 Å². The van der Waals surface area contributed by atoms with E-state index in [1.807, 2.05) is 57.4 Å². The molecule has 3 heterocycles. The Morgan fingerprint density at radius 2 is 1.89 bits per heavy atom. The lowest BCUT2D eigenvalue weighted by Crippen LogP contribution is -2.41. The fourth-order valence-corrected chi connectivity index (χ4v) is 4.60. The fourth-order valence-electron chi connectivity index (χ4n) is 4.41. The Bertz CT molecular complexity index is 1270. The minimum absolute atomic E-state index is 0.459. The van der Waals surface area contributed by atoms with Crippen molar-refractivity contribution in [2.45, 2.75) is 32.7 Å². The van der Waals surface area contributed by atoms with Crippen LogP contribution in [0.3, 0.4) is 0 Å². The van der Waals surface area contributed by atoms with Crippen molar-refractivity contribution in [3.63, 3.8) is 0 Å². The van der Waals surface area contributed by atoms with Crippen LogP contribution in [0, 0.1) is 0 Å². The zero-order chi connectivity index (χ0) is 24.8. The average Bonchev–Trinajstić information content (AvgIpc) is 3.35. The molecule has 8 heteroatoms. The van der Waals surface area contributed by atoms with Crippen molar-refractivity contribution in [1.29, 1.82) is 0 Å². The largest absolute Gasteiger partial charge is 0.494 e. The molecule has 184 valence electrons. The van der Waals surface area contributed by atoms with Gasteiger partial charge in [-0.1, -0.05) is 43.6 Å². The van der Waals surface area contributed by atoms with Gasteiger partial charge in [0.2, 0.25) is 5.95 Å². The van der Waals surface area contributed by atoms with Crippen molar-refractivity contribution in [2.75, 3.05) is 37.5 Å². The van der Waals surface area contributed by atoms with Gasteiger partial charge in [0.1, 0.15) is 5.75 Å². The van der Waals surface area contributed by atoms with E-state index in [4.69, 9.17) is 21.3 Å². The highest BCUT2D eigenvalue weighted by Gasteiger charge is 2.19. The SMILES string of the molecule is CC.CNC1CCN(c2ccc(Nc3ncc(Cl)c(-c4c[nH]c5ccccc45)n3)c(OC)c2)CC1. The van der Waals surface area contributed by atoms with Crippen LogP contribution < -0.4 is 20.3 Å². The number of H-pyrrole nitrogens is 1. The number of benzene rings is 2. The number of halogens is 1. The second-order valence-corrected chi connectivity index (χ2v) is 8.60. The van der Waals surface area contributed by atoms with Crippen molar-refractivity contribution in [3.05, 3.63) is 59.9 Å². The highest BCUT2D eigenvalue weighted by atomic mass is 35.5. The summed E-state index contributed by atoms with van der Waals surface area (Å²) in [5.74, 6) is 1.20. The number of methoxy groups -OCH3 is 1. The average molecular weight is 493 g/mol. The number of piperidine rings is 1. The molecule has 0 atom stereocenters. The number of hydrogen-bond donors (Lipinski definition) is 3. The molecule has 1 fully saturated rings. The van der Waals surface area contributed by atoms with E-state index in [0.29, 0.717) is 22.7 Å². The molecule has 0 unspecified atom stereocenters. The molecule has 1 aliphatic heterocycles. The summed E-state index contributed by atoms with van der Waals surface area (Å²) in [6.07, 6.45) is 5.82. The molecule has 0 radical (unpaired) electrons. The number of aromatic nitrogens is 3. The number of rotatable bonds is 6. The van der Waals surface area contributed by atoms with E-state index in [1.165, 1.54) is 0 Å². The Hall–Kier alpha value is -3.29. The van der Waals surface area contributed by atoms with Crippen molar-refractivity contribution >= 4 is 39.8 Å². The first-order valence-electron chi connectivity index (χ1n) is 12.1. The molecule has 0 aliphatic carbocycles. The number of hydrogen-bond acceptors (Lipinski definition) is 6. The van der Waals surface area contributed by atoms with Crippen LogP contribution in [0.2, 0.25) is 5.02 Å². The predicted octanol–water partition coefficient (Wildman–Crippen LogP) is 6.24. The van der Waals surface area contributed by atoms with Crippen LogP contribution in [-0.2, 0) is 0 Å². The molecule has 2 aromatic heterocycles. The van der Waals surface area contributed by atoms with Crippen LogP contribution in [-0.4, -0.2) is 48.2 Å². The van der Waals surface area contributed by atoms with Crippen LogP contribution in [0.25, 0.3) is 22.2 Å². The van der Waals surface area contributed by atoms with E-state index in [1.54, 1.807) is 13.3 Å². The third-order valence-electron chi connectivity index (χ3n) is 6.29. The van der Waals surface area contributed by atoms with Crippen LogP contribution in [0.5, 0.6) is 5.75 Å². The molecule has 0 amide bonds. The number of nitrogens with zero attached hydrogens (tertiary/aromatic N) is 3. The van der Waals surface area contributed by atoms with Gasteiger partial charge >= 0.3 is 0 Å². The highest BCUT2D eigenvalue weighted by molar-refractivity contribution is 6.33. The van der Waals surface area contributed by atoms with Gasteiger partial charge < -0.3 is 25.3 Å². The maximum atomic E-state index is 6.48. The first kappa shape index (κ1) is 24.8.